The van der Waals surface area contributed by atoms with Gasteiger partial charge in [-0.25, -0.2) is 8.42 Å². The van der Waals surface area contributed by atoms with Crippen LogP contribution in [0, 0.1) is 17.8 Å². The molecule has 2 aromatic carbocycles. The number of carbonyl (C=O) groups is 1. The van der Waals surface area contributed by atoms with E-state index in [4.69, 9.17) is 0 Å². The van der Waals surface area contributed by atoms with Crippen LogP contribution in [0.2, 0.25) is 0 Å². The Bertz CT molecular complexity index is 1110. The molecule has 0 saturated heterocycles. The van der Waals surface area contributed by atoms with Crippen molar-refractivity contribution in [2.45, 2.75) is 60.7 Å². The Hall–Kier alpha value is -1.99. The summed E-state index contributed by atoms with van der Waals surface area (Å²) in [5.74, 6) is 2.40. The van der Waals surface area contributed by atoms with E-state index in [0.717, 1.165) is 22.6 Å². The molecule has 6 rings (SSSR count). The molecule has 0 aromatic heterocycles. The smallest absolute Gasteiger partial charge is 0.261 e. The number of hydrogen-bond acceptors (Lipinski definition) is 4. The average Bonchev–Trinajstić information content (AvgIpc) is 2.72. The van der Waals surface area contributed by atoms with E-state index < -0.39 is 10.0 Å². The van der Waals surface area contributed by atoms with Crippen molar-refractivity contribution in [1.82, 2.24) is 0 Å². The highest BCUT2D eigenvalue weighted by Gasteiger charge is 2.51. The van der Waals surface area contributed by atoms with Gasteiger partial charge in [-0.1, -0.05) is 12.1 Å². The van der Waals surface area contributed by atoms with Crippen LogP contribution in [0.5, 0.6) is 0 Å². The second-order valence-corrected chi connectivity index (χ2v) is 12.5. The molecule has 32 heavy (non-hydrogen) atoms. The van der Waals surface area contributed by atoms with E-state index in [0.29, 0.717) is 16.8 Å². The summed E-state index contributed by atoms with van der Waals surface area (Å²) < 4.78 is 28.7. The monoisotopic (exact) mass is 470 g/mol. The second-order valence-electron chi connectivity index (χ2n) is 9.92. The Morgan fingerprint density at radius 3 is 2.09 bits per heavy atom. The lowest BCUT2D eigenvalue weighted by Gasteiger charge is -2.57. The number of sulfonamides is 1. The molecule has 7 heteroatoms. The Morgan fingerprint density at radius 2 is 1.56 bits per heavy atom. The largest absolute Gasteiger partial charge is 0.325 e. The third kappa shape index (κ3) is 4.05. The molecule has 4 saturated carbocycles. The summed E-state index contributed by atoms with van der Waals surface area (Å²) in [5, 5.41) is 2.72. The van der Waals surface area contributed by atoms with Gasteiger partial charge in [0.15, 0.2) is 0 Å². The topological polar surface area (TPSA) is 75.3 Å². The highest BCUT2D eigenvalue weighted by molar-refractivity contribution is 7.98. The number of amides is 1. The van der Waals surface area contributed by atoms with E-state index in [-0.39, 0.29) is 10.8 Å². The molecular weight excluding hydrogens is 440 g/mol. The summed E-state index contributed by atoms with van der Waals surface area (Å²) in [5.41, 5.74) is 2.74. The van der Waals surface area contributed by atoms with Crippen LogP contribution in [0.25, 0.3) is 0 Å². The number of carbonyl (C=O) groups excluding carboxylic acids is 1. The van der Waals surface area contributed by atoms with E-state index in [2.05, 4.69) is 22.2 Å². The van der Waals surface area contributed by atoms with Gasteiger partial charge in [-0.2, -0.15) is 0 Å². The number of benzene rings is 2. The molecule has 2 N–H and O–H groups in total. The Labute approximate surface area is 194 Å². The fraction of sp³-hybridized carbons (Fsp3) is 0.480. The first-order valence-electron chi connectivity index (χ1n) is 11.4. The predicted octanol–water partition coefficient (Wildman–Crippen LogP) is 5.64. The van der Waals surface area contributed by atoms with Crippen LogP contribution in [0.15, 0.2) is 52.3 Å². The average molecular weight is 471 g/mol. The maximum Gasteiger partial charge on any atom is 0.261 e. The molecule has 0 aliphatic heterocycles. The number of rotatable bonds is 6. The molecule has 0 radical (unpaired) electrons. The maximum atomic E-state index is 13.0. The molecule has 0 spiro atoms. The minimum Gasteiger partial charge on any atom is -0.325 e. The van der Waals surface area contributed by atoms with Crippen molar-refractivity contribution in [1.29, 1.82) is 0 Å². The van der Waals surface area contributed by atoms with Gasteiger partial charge in [-0.3, -0.25) is 9.52 Å². The predicted molar refractivity (Wildman–Crippen MR) is 130 cm³/mol. The van der Waals surface area contributed by atoms with Gasteiger partial charge in [0.1, 0.15) is 0 Å². The lowest BCUT2D eigenvalue weighted by molar-refractivity contribution is -0.114. The molecule has 4 bridgehead atoms. The van der Waals surface area contributed by atoms with Gasteiger partial charge in [0.2, 0.25) is 5.91 Å². The molecule has 0 unspecified atom stereocenters. The lowest BCUT2D eigenvalue weighted by Crippen LogP contribution is -2.48. The highest BCUT2D eigenvalue weighted by atomic mass is 32.2. The number of nitrogens with one attached hydrogen (secondary N) is 2. The molecule has 1 amide bonds. The third-order valence-corrected chi connectivity index (χ3v) is 9.75. The van der Waals surface area contributed by atoms with Crippen molar-refractivity contribution < 1.29 is 13.2 Å². The summed E-state index contributed by atoms with van der Waals surface area (Å²) in [6.07, 6.45) is 9.98. The minimum absolute atomic E-state index is 0.129. The molecule has 0 atom stereocenters. The zero-order chi connectivity index (χ0) is 22.5. The van der Waals surface area contributed by atoms with Crippen molar-refractivity contribution in [2.75, 3.05) is 16.3 Å². The standard InChI is InChI=1S/C25H30N2O3S2/c1-16(28)26-23-12-22(7-8-24(23)31-2)32(29,30)27-21-5-3-20(4-6-21)25-13-17-9-18(14-25)11-19(10-17)15-25/h3-8,12,17-19,27H,9-11,13-15H2,1-2H3,(H,26,28). The third-order valence-electron chi connectivity index (χ3n) is 7.58. The van der Waals surface area contributed by atoms with Gasteiger partial charge in [-0.15, -0.1) is 11.8 Å². The van der Waals surface area contributed by atoms with Gasteiger partial charge in [0.25, 0.3) is 10.0 Å². The summed E-state index contributed by atoms with van der Waals surface area (Å²) in [7, 11) is -3.76. The fourth-order valence-electron chi connectivity index (χ4n) is 6.71. The van der Waals surface area contributed by atoms with Crippen molar-refractivity contribution in [2.24, 2.45) is 17.8 Å². The van der Waals surface area contributed by atoms with E-state index in [1.165, 1.54) is 68.8 Å². The summed E-state index contributed by atoms with van der Waals surface area (Å²) >= 11 is 1.46. The van der Waals surface area contributed by atoms with E-state index >= 15 is 0 Å². The maximum absolute atomic E-state index is 13.0. The quantitative estimate of drug-likeness (QED) is 0.536. The van der Waals surface area contributed by atoms with Gasteiger partial charge in [-0.05, 0) is 104 Å². The van der Waals surface area contributed by atoms with Gasteiger partial charge in [0.05, 0.1) is 10.6 Å². The molecule has 4 aliphatic rings. The van der Waals surface area contributed by atoms with Crippen molar-refractivity contribution in [3.8, 4) is 0 Å². The van der Waals surface area contributed by atoms with Gasteiger partial charge < -0.3 is 5.32 Å². The van der Waals surface area contributed by atoms with Crippen LogP contribution in [-0.4, -0.2) is 20.6 Å². The summed E-state index contributed by atoms with van der Waals surface area (Å²) in [6, 6.07) is 12.9. The summed E-state index contributed by atoms with van der Waals surface area (Å²) in [6.45, 7) is 1.41. The molecule has 0 heterocycles. The van der Waals surface area contributed by atoms with Crippen LogP contribution >= 0.6 is 11.8 Å². The molecule has 5 nitrogen and oxygen atoms in total. The Morgan fingerprint density at radius 1 is 0.969 bits per heavy atom. The minimum atomic E-state index is -3.76. The van der Waals surface area contributed by atoms with Crippen molar-refractivity contribution >= 4 is 39.1 Å². The molecule has 170 valence electrons. The molecule has 2 aromatic rings. The number of anilines is 2. The molecule has 4 aliphatic carbocycles. The van der Waals surface area contributed by atoms with Crippen LogP contribution < -0.4 is 10.0 Å². The number of thioether (sulfide) groups is 1. The van der Waals surface area contributed by atoms with Crippen molar-refractivity contribution in [3.63, 3.8) is 0 Å². The molecular formula is C25H30N2O3S2. The Balaban J connectivity index is 1.36. The van der Waals surface area contributed by atoms with Crippen LogP contribution in [0.3, 0.4) is 0 Å². The van der Waals surface area contributed by atoms with Crippen LogP contribution in [0.1, 0.15) is 51.0 Å². The number of hydrogen-bond donors (Lipinski definition) is 2. The van der Waals surface area contributed by atoms with E-state index in [1.54, 1.807) is 12.1 Å². The first-order valence-corrected chi connectivity index (χ1v) is 14.1. The zero-order valence-corrected chi connectivity index (χ0v) is 20.2. The van der Waals surface area contributed by atoms with Gasteiger partial charge in [0, 0.05) is 17.5 Å². The Kier molecular flexibility index (Phi) is 5.53. The first-order chi connectivity index (χ1) is 15.3. The van der Waals surface area contributed by atoms with E-state index in [9.17, 15) is 13.2 Å². The molecule has 4 fully saturated rings. The zero-order valence-electron chi connectivity index (χ0n) is 18.6. The summed E-state index contributed by atoms with van der Waals surface area (Å²) in [4.78, 5) is 12.5. The second kappa shape index (κ2) is 8.10. The normalized spacial score (nSPS) is 28.5. The SMILES string of the molecule is CSc1ccc(S(=O)(=O)Nc2ccc(C34CC5CC(CC(C5)C3)C4)cc2)cc1NC(C)=O. The highest BCUT2D eigenvalue weighted by Crippen LogP contribution is 2.60. The van der Waals surface area contributed by atoms with Crippen LogP contribution in [-0.2, 0) is 20.2 Å². The first kappa shape index (κ1) is 21.8. The van der Waals surface area contributed by atoms with Crippen LogP contribution in [0.4, 0.5) is 11.4 Å². The van der Waals surface area contributed by atoms with Crippen molar-refractivity contribution in [3.05, 3.63) is 48.0 Å². The lowest BCUT2D eigenvalue weighted by atomic mass is 9.48. The van der Waals surface area contributed by atoms with Gasteiger partial charge >= 0.3 is 0 Å². The van der Waals surface area contributed by atoms with E-state index in [1.807, 2.05) is 18.4 Å². The fourth-order valence-corrected chi connectivity index (χ4v) is 8.33.